The number of amides is 1. The maximum Gasteiger partial charge on any atom is 0.224 e. The third-order valence-electron chi connectivity index (χ3n) is 6.64. The van der Waals surface area contributed by atoms with E-state index >= 15 is 0 Å². The van der Waals surface area contributed by atoms with Crippen LogP contribution in [0.3, 0.4) is 0 Å². The van der Waals surface area contributed by atoms with Crippen LogP contribution in [0, 0.1) is 17.2 Å². The second-order valence-corrected chi connectivity index (χ2v) is 9.21. The van der Waals surface area contributed by atoms with Crippen molar-refractivity contribution in [3.63, 3.8) is 0 Å². The van der Waals surface area contributed by atoms with Crippen molar-refractivity contribution in [2.45, 2.75) is 45.2 Å². The molecule has 2 aromatic carbocycles. The van der Waals surface area contributed by atoms with Crippen LogP contribution in [-0.2, 0) is 17.8 Å². The summed E-state index contributed by atoms with van der Waals surface area (Å²) in [6.07, 6.45) is 7.82. The first-order chi connectivity index (χ1) is 16.6. The molecule has 0 aliphatic carbocycles. The molecule has 0 spiro atoms. The Bertz CT molecular complexity index is 1100. The molecule has 176 valence electrons. The number of aryl methyl sites for hydroxylation is 1. The number of hydrogen-bond acceptors (Lipinski definition) is 4. The van der Waals surface area contributed by atoms with Crippen LogP contribution in [0.2, 0.25) is 0 Å². The van der Waals surface area contributed by atoms with Gasteiger partial charge in [0.15, 0.2) is 0 Å². The van der Waals surface area contributed by atoms with E-state index in [4.69, 9.17) is 5.26 Å². The Hall–Kier alpha value is -3.43. The van der Waals surface area contributed by atoms with Crippen LogP contribution in [0.5, 0.6) is 0 Å². The summed E-state index contributed by atoms with van der Waals surface area (Å²) in [4.78, 5) is 19.8. The minimum absolute atomic E-state index is 0.0304. The Balaban J connectivity index is 1.28. The Morgan fingerprint density at radius 2 is 1.97 bits per heavy atom. The number of piperidine rings is 1. The predicted molar refractivity (Wildman–Crippen MR) is 133 cm³/mol. The monoisotopic (exact) mass is 455 g/mol. The first kappa shape index (κ1) is 23.7. The minimum Gasteiger partial charge on any atom is -0.348 e. The zero-order valence-corrected chi connectivity index (χ0v) is 19.9. The summed E-state index contributed by atoms with van der Waals surface area (Å²) in [6.45, 7) is 5.61. The molecular formula is C28H33N5O. The van der Waals surface area contributed by atoms with Crippen LogP contribution in [0.25, 0.3) is 0 Å². The van der Waals surface area contributed by atoms with Gasteiger partial charge in [0.05, 0.1) is 41.8 Å². The third-order valence-corrected chi connectivity index (χ3v) is 6.64. The van der Waals surface area contributed by atoms with E-state index < -0.39 is 0 Å². The number of carbonyl (C=O) groups excluding carboxylic acids is 1. The minimum atomic E-state index is -0.123. The van der Waals surface area contributed by atoms with Gasteiger partial charge in [-0.05, 0) is 69.0 Å². The maximum absolute atomic E-state index is 13.1. The quantitative estimate of drug-likeness (QED) is 0.521. The van der Waals surface area contributed by atoms with Gasteiger partial charge in [-0.3, -0.25) is 4.79 Å². The van der Waals surface area contributed by atoms with E-state index in [0.717, 1.165) is 56.6 Å². The van der Waals surface area contributed by atoms with Gasteiger partial charge in [-0.25, -0.2) is 4.98 Å². The zero-order chi connectivity index (χ0) is 23.8. The van der Waals surface area contributed by atoms with E-state index in [0.29, 0.717) is 12.1 Å². The molecule has 1 amide bonds. The fourth-order valence-electron chi connectivity index (χ4n) is 4.73. The summed E-state index contributed by atoms with van der Waals surface area (Å²) in [7, 11) is 0. The highest BCUT2D eigenvalue weighted by atomic mass is 16.2. The fourth-order valence-corrected chi connectivity index (χ4v) is 4.73. The smallest absolute Gasteiger partial charge is 0.224 e. The van der Waals surface area contributed by atoms with Crippen molar-refractivity contribution in [2.75, 3.05) is 19.6 Å². The molecule has 2 atom stereocenters. The molecule has 6 heteroatoms. The predicted octanol–water partition coefficient (Wildman–Crippen LogP) is 4.33. The summed E-state index contributed by atoms with van der Waals surface area (Å²) in [5, 5.41) is 12.2. The number of nitrogens with zero attached hydrogens (tertiary/aromatic N) is 4. The number of rotatable bonds is 9. The maximum atomic E-state index is 13.1. The molecule has 0 radical (unpaired) electrons. The highest BCUT2D eigenvalue weighted by Crippen LogP contribution is 2.20. The Labute approximate surface area is 202 Å². The topological polar surface area (TPSA) is 74.0 Å². The van der Waals surface area contributed by atoms with Crippen molar-refractivity contribution in [1.82, 2.24) is 19.8 Å². The van der Waals surface area contributed by atoms with Crippen LogP contribution in [0.1, 0.15) is 54.6 Å². The van der Waals surface area contributed by atoms with Crippen molar-refractivity contribution < 1.29 is 4.79 Å². The number of likely N-dealkylation sites (tertiary alicyclic amines) is 1. The number of aromatic nitrogens is 2. The molecule has 2 heterocycles. The molecule has 1 unspecified atom stereocenters. The van der Waals surface area contributed by atoms with Gasteiger partial charge >= 0.3 is 0 Å². The molecule has 3 aromatic rings. The second kappa shape index (κ2) is 11.6. The van der Waals surface area contributed by atoms with E-state index in [2.05, 4.69) is 56.2 Å². The highest BCUT2D eigenvalue weighted by molar-refractivity contribution is 5.79. The molecule has 0 bridgehead atoms. The first-order valence-corrected chi connectivity index (χ1v) is 12.2. The van der Waals surface area contributed by atoms with Crippen LogP contribution in [0.15, 0.2) is 67.1 Å². The van der Waals surface area contributed by atoms with Crippen molar-refractivity contribution in [3.8, 4) is 6.07 Å². The standard InChI is InChI=1S/C28H33N5O/c1-22(27-18-30-21-33(27)19-25-13-11-24(17-29)12-14-25)31-28(34)26-10-6-16-32(20-26)15-5-9-23-7-3-2-4-8-23/h2-4,7-8,11-14,18,21-22,26H,5-6,9-10,15-16,19-20H2,1H3,(H,31,34)/t22-,26?/m0/s1. The summed E-state index contributed by atoms with van der Waals surface area (Å²) >= 11 is 0. The number of hydrogen-bond donors (Lipinski definition) is 1. The van der Waals surface area contributed by atoms with Crippen LogP contribution < -0.4 is 5.32 Å². The highest BCUT2D eigenvalue weighted by Gasteiger charge is 2.27. The van der Waals surface area contributed by atoms with E-state index in [1.54, 1.807) is 6.33 Å². The summed E-state index contributed by atoms with van der Waals surface area (Å²) in [5.74, 6) is 0.161. The van der Waals surface area contributed by atoms with Gasteiger partial charge in [-0.1, -0.05) is 42.5 Å². The SMILES string of the molecule is C[C@H](NC(=O)C1CCCN(CCCc2ccccc2)C1)c1cncn1Cc1ccc(C#N)cc1. The lowest BCUT2D eigenvalue weighted by Crippen LogP contribution is -2.44. The van der Waals surface area contributed by atoms with Gasteiger partial charge in [-0.2, -0.15) is 5.26 Å². The molecule has 1 aliphatic heterocycles. The van der Waals surface area contributed by atoms with Gasteiger partial charge in [0.1, 0.15) is 0 Å². The Morgan fingerprint density at radius 3 is 2.74 bits per heavy atom. The lowest BCUT2D eigenvalue weighted by atomic mass is 9.96. The van der Waals surface area contributed by atoms with Crippen molar-refractivity contribution in [2.24, 2.45) is 5.92 Å². The number of nitriles is 1. The normalized spacial score (nSPS) is 17.1. The lowest BCUT2D eigenvalue weighted by Gasteiger charge is -2.32. The molecule has 1 fully saturated rings. The van der Waals surface area contributed by atoms with Crippen LogP contribution >= 0.6 is 0 Å². The van der Waals surface area contributed by atoms with E-state index in [1.807, 2.05) is 37.4 Å². The second-order valence-electron chi connectivity index (χ2n) is 9.21. The molecule has 1 aromatic heterocycles. The van der Waals surface area contributed by atoms with Gasteiger partial charge in [-0.15, -0.1) is 0 Å². The molecule has 1 saturated heterocycles. The van der Waals surface area contributed by atoms with E-state index in [1.165, 1.54) is 5.56 Å². The Kier molecular flexibility index (Phi) is 8.11. The van der Waals surface area contributed by atoms with Crippen molar-refractivity contribution in [3.05, 3.63) is 89.5 Å². The molecular weight excluding hydrogens is 422 g/mol. The number of imidazole rings is 1. The van der Waals surface area contributed by atoms with Gasteiger partial charge in [0, 0.05) is 13.1 Å². The average molecular weight is 456 g/mol. The van der Waals surface area contributed by atoms with Crippen LogP contribution in [0.4, 0.5) is 0 Å². The molecule has 0 saturated carbocycles. The van der Waals surface area contributed by atoms with Gasteiger partial charge in [0.2, 0.25) is 5.91 Å². The molecule has 4 rings (SSSR count). The molecule has 34 heavy (non-hydrogen) atoms. The van der Waals surface area contributed by atoms with E-state index in [9.17, 15) is 4.79 Å². The molecule has 1 aliphatic rings. The largest absolute Gasteiger partial charge is 0.348 e. The lowest BCUT2D eigenvalue weighted by molar-refractivity contribution is -0.127. The number of nitrogens with one attached hydrogen (secondary N) is 1. The third kappa shape index (κ3) is 6.33. The summed E-state index contributed by atoms with van der Waals surface area (Å²) in [5.41, 5.74) is 4.10. The summed E-state index contributed by atoms with van der Waals surface area (Å²) < 4.78 is 2.06. The van der Waals surface area contributed by atoms with Crippen molar-refractivity contribution in [1.29, 1.82) is 5.26 Å². The van der Waals surface area contributed by atoms with Crippen molar-refractivity contribution >= 4 is 5.91 Å². The molecule has 6 nitrogen and oxygen atoms in total. The van der Waals surface area contributed by atoms with Gasteiger partial charge < -0.3 is 14.8 Å². The fraction of sp³-hybridized carbons (Fsp3) is 0.393. The number of benzene rings is 2. The molecule has 1 N–H and O–H groups in total. The zero-order valence-electron chi connectivity index (χ0n) is 19.9. The summed E-state index contributed by atoms with van der Waals surface area (Å²) in [6, 6.07) is 20.2. The Morgan fingerprint density at radius 1 is 1.18 bits per heavy atom. The first-order valence-electron chi connectivity index (χ1n) is 12.2. The van der Waals surface area contributed by atoms with Gasteiger partial charge in [0.25, 0.3) is 0 Å². The average Bonchev–Trinajstić information content (AvgIpc) is 3.33. The number of carbonyl (C=O) groups is 1. The van der Waals surface area contributed by atoms with E-state index in [-0.39, 0.29) is 17.9 Å². The van der Waals surface area contributed by atoms with Crippen LogP contribution in [-0.4, -0.2) is 40.0 Å².